The Labute approximate surface area is 290 Å². The largest absolute Gasteiger partial charge is 0.459 e. The monoisotopic (exact) mass is 669 g/mol. The number of carbonyl (C=O) groups excluding carboxylic acids is 3. The first-order valence-electron chi connectivity index (χ1n) is 17.7. The molecule has 0 aromatic heterocycles. The maximum Gasteiger partial charge on any atom is 0.339 e. The molecule has 3 aliphatic rings. The molecule has 0 saturated carbocycles. The summed E-state index contributed by atoms with van der Waals surface area (Å²) in [4.78, 5) is 48.5. The third kappa shape index (κ3) is 7.78. The standard InChI is InChI=1S/C39H63N3O6/c1-34(2)19-26(20-35(3,4)40(34)13)46-31(43)25-16-17-29(32(44)47-27-21-36(5,6)41(14)37(7,8)22-27)30(18-25)33(45)48-28-23-38(9,10)42(15)39(11,12)24-28/h16-18,26-28H,19-24H2,1-15H3. The van der Waals surface area contributed by atoms with Gasteiger partial charge in [-0.1, -0.05) is 0 Å². The fourth-order valence-electron chi connectivity index (χ4n) is 8.76. The van der Waals surface area contributed by atoms with Gasteiger partial charge in [-0.05, 0) is 122 Å². The molecule has 0 spiro atoms. The Bertz CT molecular complexity index is 1360. The number of likely N-dealkylation sites (tertiary alicyclic amines) is 3. The van der Waals surface area contributed by atoms with E-state index in [1.54, 1.807) is 6.07 Å². The van der Waals surface area contributed by atoms with Crippen LogP contribution < -0.4 is 0 Å². The van der Waals surface area contributed by atoms with E-state index in [4.69, 9.17) is 14.2 Å². The normalized spacial score (nSPS) is 26.1. The zero-order chi connectivity index (χ0) is 36.4. The Kier molecular flexibility index (Phi) is 10.1. The topological polar surface area (TPSA) is 88.6 Å². The number of hydrogen-bond acceptors (Lipinski definition) is 9. The molecule has 0 N–H and O–H groups in total. The van der Waals surface area contributed by atoms with Gasteiger partial charge in [0.15, 0.2) is 0 Å². The first-order chi connectivity index (χ1) is 21.7. The molecule has 0 amide bonds. The fourth-order valence-corrected chi connectivity index (χ4v) is 8.76. The summed E-state index contributed by atoms with van der Waals surface area (Å²) in [5.74, 6) is -1.75. The Morgan fingerprint density at radius 2 is 0.750 bits per heavy atom. The van der Waals surface area contributed by atoms with Crippen molar-refractivity contribution in [2.24, 2.45) is 0 Å². The van der Waals surface area contributed by atoms with Crippen molar-refractivity contribution in [3.8, 4) is 0 Å². The van der Waals surface area contributed by atoms with E-state index in [9.17, 15) is 14.4 Å². The van der Waals surface area contributed by atoms with Gasteiger partial charge < -0.3 is 14.2 Å². The summed E-state index contributed by atoms with van der Waals surface area (Å²) < 4.78 is 18.4. The number of nitrogens with zero attached hydrogens (tertiary/aromatic N) is 3. The molecule has 48 heavy (non-hydrogen) atoms. The van der Waals surface area contributed by atoms with Gasteiger partial charge in [-0.15, -0.1) is 0 Å². The van der Waals surface area contributed by atoms with E-state index in [2.05, 4.69) is 119 Å². The second-order valence-corrected chi connectivity index (χ2v) is 18.6. The number of hydrogen-bond donors (Lipinski definition) is 0. The Morgan fingerprint density at radius 3 is 1.06 bits per heavy atom. The first-order valence-corrected chi connectivity index (χ1v) is 17.7. The van der Waals surface area contributed by atoms with E-state index in [1.807, 2.05) is 0 Å². The summed E-state index contributed by atoms with van der Waals surface area (Å²) in [6.07, 6.45) is 2.97. The summed E-state index contributed by atoms with van der Waals surface area (Å²) in [6.45, 7) is 25.8. The highest BCUT2D eigenvalue weighted by molar-refractivity contribution is 6.05. The van der Waals surface area contributed by atoms with E-state index in [0.717, 1.165) is 0 Å². The number of benzene rings is 1. The number of piperidine rings is 3. The molecule has 3 fully saturated rings. The van der Waals surface area contributed by atoms with Crippen molar-refractivity contribution >= 4 is 17.9 Å². The van der Waals surface area contributed by atoms with Gasteiger partial charge in [0.05, 0.1) is 16.7 Å². The van der Waals surface area contributed by atoms with Gasteiger partial charge in [-0.3, -0.25) is 14.7 Å². The summed E-state index contributed by atoms with van der Waals surface area (Å²) in [5.41, 5.74) is -0.784. The molecule has 3 heterocycles. The average Bonchev–Trinajstić information content (AvgIpc) is 2.92. The second-order valence-electron chi connectivity index (χ2n) is 18.6. The van der Waals surface area contributed by atoms with E-state index in [-0.39, 0.29) is 68.2 Å². The second kappa shape index (κ2) is 12.7. The predicted molar refractivity (Wildman–Crippen MR) is 190 cm³/mol. The highest BCUT2D eigenvalue weighted by Gasteiger charge is 2.47. The van der Waals surface area contributed by atoms with Gasteiger partial charge in [-0.2, -0.15) is 0 Å². The minimum atomic E-state index is -0.636. The molecule has 0 aliphatic carbocycles. The van der Waals surface area contributed by atoms with Crippen molar-refractivity contribution in [2.75, 3.05) is 21.1 Å². The van der Waals surface area contributed by atoms with Gasteiger partial charge in [0.1, 0.15) is 18.3 Å². The lowest BCUT2D eigenvalue weighted by Crippen LogP contribution is -2.60. The van der Waals surface area contributed by atoms with Crippen LogP contribution in [0.15, 0.2) is 18.2 Å². The van der Waals surface area contributed by atoms with Crippen molar-refractivity contribution in [3.05, 3.63) is 34.9 Å². The molecule has 3 saturated heterocycles. The van der Waals surface area contributed by atoms with Crippen LogP contribution in [0.1, 0.15) is 153 Å². The molecule has 0 radical (unpaired) electrons. The molecular formula is C39H63N3O6. The Balaban J connectivity index is 1.64. The number of esters is 3. The van der Waals surface area contributed by atoms with E-state index in [0.29, 0.717) is 38.5 Å². The maximum absolute atomic E-state index is 14.0. The quantitative estimate of drug-likeness (QED) is 0.232. The number of rotatable bonds is 6. The third-order valence-electron chi connectivity index (χ3n) is 12.3. The minimum absolute atomic E-state index is 0.0273. The fraction of sp³-hybridized carbons (Fsp3) is 0.769. The molecule has 9 nitrogen and oxygen atoms in total. The Morgan fingerprint density at radius 1 is 0.479 bits per heavy atom. The zero-order valence-corrected chi connectivity index (χ0v) is 32.5. The van der Waals surface area contributed by atoms with Crippen LogP contribution in [0, 0.1) is 0 Å². The van der Waals surface area contributed by atoms with Crippen molar-refractivity contribution in [3.63, 3.8) is 0 Å². The molecule has 270 valence electrons. The molecule has 3 aliphatic heterocycles. The number of carbonyl (C=O) groups is 3. The molecule has 1 aromatic carbocycles. The van der Waals surface area contributed by atoms with Crippen LogP contribution >= 0.6 is 0 Å². The molecule has 9 heteroatoms. The van der Waals surface area contributed by atoms with Gasteiger partial charge in [-0.25, -0.2) is 14.4 Å². The van der Waals surface area contributed by atoms with Gasteiger partial charge in [0, 0.05) is 71.8 Å². The van der Waals surface area contributed by atoms with E-state index < -0.39 is 17.9 Å². The lowest BCUT2D eigenvalue weighted by Gasteiger charge is -2.53. The van der Waals surface area contributed by atoms with Crippen LogP contribution in [0.3, 0.4) is 0 Å². The Hall–Kier alpha value is -2.49. The average molecular weight is 670 g/mol. The lowest BCUT2D eigenvalue weighted by atomic mass is 9.78. The smallest absolute Gasteiger partial charge is 0.339 e. The van der Waals surface area contributed by atoms with Gasteiger partial charge in [0.2, 0.25) is 0 Å². The van der Waals surface area contributed by atoms with Crippen LogP contribution in [-0.4, -0.2) is 105 Å². The zero-order valence-electron chi connectivity index (χ0n) is 32.5. The summed E-state index contributed by atoms with van der Waals surface area (Å²) >= 11 is 0. The van der Waals surface area contributed by atoms with Crippen molar-refractivity contribution < 1.29 is 28.6 Å². The number of ether oxygens (including phenoxy) is 3. The van der Waals surface area contributed by atoms with E-state index in [1.165, 1.54) is 12.1 Å². The molecule has 0 bridgehead atoms. The van der Waals surface area contributed by atoms with Crippen molar-refractivity contribution in [1.29, 1.82) is 0 Å². The summed E-state index contributed by atoms with van der Waals surface area (Å²) in [7, 11) is 6.30. The predicted octanol–water partition coefficient (Wildman–Crippen LogP) is 7.11. The highest BCUT2D eigenvalue weighted by Crippen LogP contribution is 2.41. The van der Waals surface area contributed by atoms with Gasteiger partial charge >= 0.3 is 17.9 Å². The van der Waals surface area contributed by atoms with E-state index >= 15 is 0 Å². The molecular weight excluding hydrogens is 606 g/mol. The first kappa shape index (κ1) is 38.3. The SMILES string of the molecule is CN1C(C)(C)CC(OC(=O)c2ccc(C(=O)OC3CC(C)(C)N(C)C(C)(C)C3)c(C(=O)OC3CC(C)(C)N(C)C(C)(C)C3)c2)CC1(C)C. The minimum Gasteiger partial charge on any atom is -0.459 e. The summed E-state index contributed by atoms with van der Waals surface area (Å²) in [5, 5.41) is 0. The lowest BCUT2D eigenvalue weighted by molar-refractivity contribution is -0.0752. The van der Waals surface area contributed by atoms with Crippen LogP contribution in [0.5, 0.6) is 0 Å². The molecule has 0 atom stereocenters. The van der Waals surface area contributed by atoms with Crippen LogP contribution in [0.25, 0.3) is 0 Å². The summed E-state index contributed by atoms with van der Waals surface area (Å²) in [6, 6.07) is 4.54. The van der Waals surface area contributed by atoms with Crippen LogP contribution in [-0.2, 0) is 14.2 Å². The molecule has 1 aromatic rings. The van der Waals surface area contributed by atoms with Crippen LogP contribution in [0.4, 0.5) is 0 Å². The van der Waals surface area contributed by atoms with Gasteiger partial charge in [0.25, 0.3) is 0 Å². The van der Waals surface area contributed by atoms with Crippen LogP contribution in [0.2, 0.25) is 0 Å². The highest BCUT2D eigenvalue weighted by atomic mass is 16.6. The maximum atomic E-state index is 14.0. The van der Waals surface area contributed by atoms with Crippen molar-refractivity contribution in [1.82, 2.24) is 14.7 Å². The molecule has 4 rings (SSSR count). The van der Waals surface area contributed by atoms with Crippen molar-refractivity contribution in [2.45, 2.75) is 173 Å². The third-order valence-corrected chi connectivity index (χ3v) is 12.3. The molecule has 0 unspecified atom stereocenters.